The van der Waals surface area contributed by atoms with Crippen LogP contribution in [0.15, 0.2) is 89.1 Å². The molecule has 0 aliphatic heterocycles. The lowest BCUT2D eigenvalue weighted by Crippen LogP contribution is -2.24. The predicted molar refractivity (Wildman–Crippen MR) is 153 cm³/mol. The van der Waals surface area contributed by atoms with E-state index in [0.717, 1.165) is 27.5 Å². The van der Waals surface area contributed by atoms with Gasteiger partial charge in [-0.1, -0.05) is 43.3 Å². The Bertz CT molecular complexity index is 1320. The number of benzene rings is 3. The molecule has 0 fully saturated rings. The Kier molecular flexibility index (Phi) is 9.35. The zero-order chi connectivity index (χ0) is 26.0. The van der Waals surface area contributed by atoms with Gasteiger partial charge in [-0.25, -0.2) is 4.98 Å². The second kappa shape index (κ2) is 13.1. The van der Waals surface area contributed by atoms with E-state index in [0.29, 0.717) is 30.3 Å². The van der Waals surface area contributed by atoms with Crippen molar-refractivity contribution >= 4 is 45.7 Å². The third kappa shape index (κ3) is 7.68. The van der Waals surface area contributed by atoms with Crippen LogP contribution in [-0.4, -0.2) is 28.7 Å². The number of carbonyl (C=O) groups excluding carboxylic acids is 2. The van der Waals surface area contributed by atoms with Gasteiger partial charge in [-0.05, 0) is 61.4 Å². The van der Waals surface area contributed by atoms with Gasteiger partial charge in [0.1, 0.15) is 5.75 Å². The second-order valence-corrected chi connectivity index (χ2v) is 10.4. The van der Waals surface area contributed by atoms with Crippen molar-refractivity contribution < 1.29 is 14.3 Å². The van der Waals surface area contributed by atoms with Crippen LogP contribution in [0.3, 0.4) is 0 Å². The highest BCUT2D eigenvalue weighted by Gasteiger charge is 2.20. The highest BCUT2D eigenvalue weighted by atomic mass is 32.2. The molecule has 0 saturated carbocycles. The minimum atomic E-state index is -0.298. The van der Waals surface area contributed by atoms with E-state index in [1.165, 1.54) is 23.1 Å². The zero-order valence-corrected chi connectivity index (χ0v) is 22.4. The number of thioether (sulfide) groups is 1. The average Bonchev–Trinajstić information content (AvgIpc) is 3.37. The number of aromatic nitrogens is 1. The molecule has 1 atom stereocenters. The monoisotopic (exact) mass is 531 g/mol. The molecule has 1 heterocycles. The van der Waals surface area contributed by atoms with Crippen LogP contribution in [0.1, 0.15) is 25.8 Å². The second-order valence-electron chi connectivity index (χ2n) is 8.24. The molecule has 0 aliphatic carbocycles. The molecule has 37 heavy (non-hydrogen) atoms. The molecule has 3 aromatic carbocycles. The van der Waals surface area contributed by atoms with Crippen LogP contribution in [-0.2, 0) is 16.0 Å². The van der Waals surface area contributed by atoms with Crippen molar-refractivity contribution in [3.05, 3.63) is 89.8 Å². The smallest absolute Gasteiger partial charge is 0.239 e. The van der Waals surface area contributed by atoms with E-state index < -0.39 is 0 Å². The topological polar surface area (TPSA) is 80.3 Å². The van der Waals surface area contributed by atoms with Gasteiger partial charge in [0, 0.05) is 21.5 Å². The van der Waals surface area contributed by atoms with E-state index in [4.69, 9.17) is 4.74 Å². The predicted octanol–water partition coefficient (Wildman–Crippen LogP) is 6.90. The first-order valence-corrected chi connectivity index (χ1v) is 13.9. The summed E-state index contributed by atoms with van der Waals surface area (Å²) in [5.41, 5.74) is 3.44. The summed E-state index contributed by atoms with van der Waals surface area (Å²) in [6.45, 7) is 4.55. The van der Waals surface area contributed by atoms with Crippen LogP contribution >= 0.6 is 23.1 Å². The van der Waals surface area contributed by atoms with E-state index in [1.807, 2.05) is 98.1 Å². The quantitative estimate of drug-likeness (QED) is 0.206. The van der Waals surface area contributed by atoms with Crippen LogP contribution in [0.4, 0.5) is 10.8 Å². The summed E-state index contributed by atoms with van der Waals surface area (Å²) >= 11 is 2.87. The highest BCUT2D eigenvalue weighted by Crippen LogP contribution is 2.30. The molecular formula is C29H29N3O3S2. The Balaban J connectivity index is 1.34. The van der Waals surface area contributed by atoms with Crippen molar-refractivity contribution in [2.45, 2.75) is 36.8 Å². The molecule has 2 N–H and O–H groups in total. The van der Waals surface area contributed by atoms with E-state index >= 15 is 0 Å². The highest BCUT2D eigenvalue weighted by molar-refractivity contribution is 8.00. The number of hydrogen-bond acceptors (Lipinski definition) is 6. The third-order valence-corrected chi connectivity index (χ3v) is 7.58. The van der Waals surface area contributed by atoms with Gasteiger partial charge >= 0.3 is 0 Å². The lowest BCUT2D eigenvalue weighted by atomic mass is 10.1. The Morgan fingerprint density at radius 3 is 2.49 bits per heavy atom. The first kappa shape index (κ1) is 26.4. The third-order valence-electron chi connectivity index (χ3n) is 5.46. The molecule has 2 amide bonds. The van der Waals surface area contributed by atoms with Gasteiger partial charge in [0.25, 0.3) is 0 Å². The summed E-state index contributed by atoms with van der Waals surface area (Å²) in [6.07, 6.45) is 0.961. The van der Waals surface area contributed by atoms with Crippen LogP contribution in [0.5, 0.6) is 5.75 Å². The summed E-state index contributed by atoms with van der Waals surface area (Å²) in [5.74, 6) is 0.640. The molecular weight excluding hydrogens is 502 g/mol. The Hall–Kier alpha value is -3.62. The molecule has 0 saturated heterocycles. The average molecular weight is 532 g/mol. The number of ether oxygens (including phenoxy) is 1. The standard InChI is InChI=1S/C29H29N3O3S2/c1-3-26(28(34)32-29-31-25(19-36-29)21-13-15-23(16-14-21)35-4-2)37-24-12-8-11-22(18-24)30-27(33)17-20-9-6-5-7-10-20/h5-16,18-19,26H,3-4,17H2,1-2H3,(H,30,33)(H,31,32,34). The lowest BCUT2D eigenvalue weighted by molar-refractivity contribution is -0.116. The SMILES string of the molecule is CCOc1ccc(-c2csc(NC(=O)C(CC)Sc3cccc(NC(=O)Cc4ccccc4)c3)n2)cc1. The molecule has 0 bridgehead atoms. The molecule has 6 nitrogen and oxygen atoms in total. The first-order valence-electron chi connectivity index (χ1n) is 12.1. The largest absolute Gasteiger partial charge is 0.494 e. The van der Waals surface area contributed by atoms with Crippen molar-refractivity contribution in [2.24, 2.45) is 0 Å². The number of thiazole rings is 1. The van der Waals surface area contributed by atoms with Crippen LogP contribution in [0.2, 0.25) is 0 Å². The van der Waals surface area contributed by atoms with Gasteiger partial charge in [0.2, 0.25) is 11.8 Å². The number of hydrogen-bond donors (Lipinski definition) is 2. The number of nitrogens with zero attached hydrogens (tertiary/aromatic N) is 1. The molecule has 1 unspecified atom stereocenters. The summed E-state index contributed by atoms with van der Waals surface area (Å²) in [4.78, 5) is 31.0. The fraction of sp³-hybridized carbons (Fsp3) is 0.207. The number of amides is 2. The summed E-state index contributed by atoms with van der Waals surface area (Å²) < 4.78 is 5.49. The van der Waals surface area contributed by atoms with Crippen LogP contribution in [0, 0.1) is 0 Å². The normalized spacial score (nSPS) is 11.5. The number of nitrogens with one attached hydrogen (secondary N) is 2. The summed E-state index contributed by atoms with van der Waals surface area (Å²) in [5, 5.41) is 8.11. The zero-order valence-electron chi connectivity index (χ0n) is 20.8. The summed E-state index contributed by atoms with van der Waals surface area (Å²) in [6, 6.07) is 25.0. The molecule has 190 valence electrons. The fourth-order valence-corrected chi connectivity index (χ4v) is 5.39. The van der Waals surface area contributed by atoms with E-state index in [-0.39, 0.29) is 17.1 Å². The van der Waals surface area contributed by atoms with Gasteiger partial charge in [-0.3, -0.25) is 9.59 Å². The van der Waals surface area contributed by atoms with E-state index in [9.17, 15) is 9.59 Å². The Morgan fingerprint density at radius 2 is 1.76 bits per heavy atom. The molecule has 4 aromatic rings. The van der Waals surface area contributed by atoms with Crippen molar-refractivity contribution in [2.75, 3.05) is 17.2 Å². The molecule has 0 spiro atoms. The Morgan fingerprint density at radius 1 is 0.973 bits per heavy atom. The molecule has 0 radical (unpaired) electrons. The number of rotatable bonds is 11. The van der Waals surface area contributed by atoms with Gasteiger partial charge < -0.3 is 15.4 Å². The van der Waals surface area contributed by atoms with E-state index in [2.05, 4.69) is 15.6 Å². The van der Waals surface area contributed by atoms with Crippen molar-refractivity contribution in [1.82, 2.24) is 4.98 Å². The minimum absolute atomic E-state index is 0.0785. The maximum Gasteiger partial charge on any atom is 0.239 e. The molecule has 0 aliphatic rings. The van der Waals surface area contributed by atoms with Gasteiger partial charge in [0.05, 0.1) is 24.0 Å². The fourth-order valence-electron chi connectivity index (χ4n) is 3.66. The first-order chi connectivity index (χ1) is 18.0. The Labute approximate surface area is 225 Å². The summed E-state index contributed by atoms with van der Waals surface area (Å²) in [7, 11) is 0. The van der Waals surface area contributed by atoms with Crippen LogP contribution < -0.4 is 15.4 Å². The van der Waals surface area contributed by atoms with Gasteiger partial charge in [0.15, 0.2) is 5.13 Å². The van der Waals surface area contributed by atoms with Crippen LogP contribution in [0.25, 0.3) is 11.3 Å². The maximum absolute atomic E-state index is 13.0. The molecule has 8 heteroatoms. The maximum atomic E-state index is 13.0. The van der Waals surface area contributed by atoms with Gasteiger partial charge in [-0.15, -0.1) is 23.1 Å². The number of carbonyl (C=O) groups is 2. The lowest BCUT2D eigenvalue weighted by Gasteiger charge is -2.14. The van der Waals surface area contributed by atoms with Crippen molar-refractivity contribution in [3.63, 3.8) is 0 Å². The molecule has 4 rings (SSSR count). The molecule has 1 aromatic heterocycles. The number of anilines is 2. The van der Waals surface area contributed by atoms with E-state index in [1.54, 1.807) is 0 Å². The van der Waals surface area contributed by atoms with Crippen molar-refractivity contribution in [1.29, 1.82) is 0 Å². The minimum Gasteiger partial charge on any atom is -0.494 e. The van der Waals surface area contributed by atoms with Gasteiger partial charge in [-0.2, -0.15) is 0 Å². The van der Waals surface area contributed by atoms with Crippen molar-refractivity contribution in [3.8, 4) is 17.0 Å².